The molecule has 0 spiro atoms. The zero-order valence-corrected chi connectivity index (χ0v) is 14.8. The molecule has 0 atom stereocenters. The van der Waals surface area contributed by atoms with Gasteiger partial charge in [0.15, 0.2) is 0 Å². The lowest BCUT2D eigenvalue weighted by Gasteiger charge is -2.23. The van der Waals surface area contributed by atoms with Crippen molar-refractivity contribution in [1.29, 1.82) is 0 Å². The Hall–Kier alpha value is -3.27. The monoisotopic (exact) mass is 346 g/mol. The third-order valence-corrected chi connectivity index (χ3v) is 4.09. The average molecular weight is 346 g/mol. The van der Waals surface area contributed by atoms with E-state index in [1.165, 1.54) is 0 Å². The second kappa shape index (κ2) is 8.72. The molecule has 0 aliphatic rings. The fourth-order valence-corrected chi connectivity index (χ4v) is 2.68. The highest BCUT2D eigenvalue weighted by Crippen LogP contribution is 2.18. The van der Waals surface area contributed by atoms with Gasteiger partial charge in [0.2, 0.25) is 5.91 Å². The van der Waals surface area contributed by atoms with Gasteiger partial charge in [0.1, 0.15) is 5.75 Å². The van der Waals surface area contributed by atoms with E-state index >= 15 is 0 Å². The van der Waals surface area contributed by atoms with Gasteiger partial charge in [-0.3, -0.25) is 4.79 Å². The number of anilines is 2. The Balaban J connectivity index is 1.71. The van der Waals surface area contributed by atoms with E-state index in [4.69, 9.17) is 4.74 Å². The van der Waals surface area contributed by atoms with Gasteiger partial charge in [0.05, 0.1) is 20.2 Å². The van der Waals surface area contributed by atoms with Crippen LogP contribution in [-0.4, -0.2) is 19.6 Å². The van der Waals surface area contributed by atoms with E-state index in [0.717, 1.165) is 22.7 Å². The lowest BCUT2D eigenvalue weighted by Crippen LogP contribution is -2.35. The summed E-state index contributed by atoms with van der Waals surface area (Å²) >= 11 is 0. The molecule has 0 aromatic heterocycles. The van der Waals surface area contributed by atoms with Crippen molar-refractivity contribution < 1.29 is 9.53 Å². The molecule has 3 aromatic rings. The number of ether oxygens (including phenoxy) is 1. The molecule has 4 heteroatoms. The van der Waals surface area contributed by atoms with E-state index in [0.29, 0.717) is 6.54 Å². The fourth-order valence-electron chi connectivity index (χ4n) is 2.68. The molecule has 0 radical (unpaired) electrons. The standard InChI is InChI=1S/C22H22N2O2/c1-26-21-14-12-19(13-15-21)23-16-22(25)24(20-10-6-3-7-11-20)17-18-8-4-2-5-9-18/h2-15,23H,16-17H2,1H3. The number of nitrogens with zero attached hydrogens (tertiary/aromatic N) is 1. The molecule has 1 amide bonds. The van der Waals surface area contributed by atoms with Crippen LogP contribution in [0.5, 0.6) is 5.75 Å². The first-order valence-electron chi connectivity index (χ1n) is 8.53. The van der Waals surface area contributed by atoms with E-state index in [1.54, 1.807) is 12.0 Å². The third kappa shape index (κ3) is 4.63. The number of hydrogen-bond donors (Lipinski definition) is 1. The van der Waals surface area contributed by atoms with Gasteiger partial charge in [-0.05, 0) is 42.0 Å². The minimum atomic E-state index is 0.0101. The molecule has 0 saturated heterocycles. The molecular formula is C22H22N2O2. The van der Waals surface area contributed by atoms with Crippen LogP contribution < -0.4 is 15.0 Å². The maximum atomic E-state index is 12.9. The summed E-state index contributed by atoms with van der Waals surface area (Å²) in [6.45, 7) is 0.752. The van der Waals surface area contributed by atoms with Gasteiger partial charge in [-0.25, -0.2) is 0 Å². The Kier molecular flexibility index (Phi) is 5.88. The second-order valence-corrected chi connectivity index (χ2v) is 5.88. The number of rotatable bonds is 7. The van der Waals surface area contributed by atoms with E-state index in [2.05, 4.69) is 5.32 Å². The molecule has 132 valence electrons. The molecule has 0 saturated carbocycles. The molecule has 0 aliphatic carbocycles. The number of carbonyl (C=O) groups is 1. The minimum Gasteiger partial charge on any atom is -0.497 e. The normalized spacial score (nSPS) is 10.2. The van der Waals surface area contributed by atoms with Crippen molar-refractivity contribution in [1.82, 2.24) is 0 Å². The summed E-state index contributed by atoms with van der Waals surface area (Å²) in [6, 6.07) is 27.3. The van der Waals surface area contributed by atoms with E-state index in [-0.39, 0.29) is 12.5 Å². The van der Waals surface area contributed by atoms with Crippen molar-refractivity contribution in [3.05, 3.63) is 90.5 Å². The van der Waals surface area contributed by atoms with Crippen molar-refractivity contribution in [3.63, 3.8) is 0 Å². The Morgan fingerprint density at radius 2 is 1.50 bits per heavy atom. The second-order valence-electron chi connectivity index (χ2n) is 5.88. The third-order valence-electron chi connectivity index (χ3n) is 4.09. The smallest absolute Gasteiger partial charge is 0.246 e. The summed E-state index contributed by atoms with van der Waals surface area (Å²) in [5, 5.41) is 3.18. The van der Waals surface area contributed by atoms with Crippen LogP contribution in [0.2, 0.25) is 0 Å². The van der Waals surface area contributed by atoms with Gasteiger partial charge in [0.25, 0.3) is 0 Å². The van der Waals surface area contributed by atoms with Crippen molar-refractivity contribution in [2.75, 3.05) is 23.9 Å². The van der Waals surface area contributed by atoms with Crippen LogP contribution in [-0.2, 0) is 11.3 Å². The zero-order chi connectivity index (χ0) is 18.2. The molecule has 0 unspecified atom stereocenters. The number of methoxy groups -OCH3 is 1. The van der Waals surface area contributed by atoms with Gasteiger partial charge in [-0.2, -0.15) is 0 Å². The predicted octanol–water partition coefficient (Wildman–Crippen LogP) is 4.34. The molecule has 3 aromatic carbocycles. The van der Waals surface area contributed by atoms with Crippen molar-refractivity contribution in [3.8, 4) is 5.75 Å². The number of carbonyl (C=O) groups excluding carboxylic acids is 1. The summed E-state index contributed by atoms with van der Waals surface area (Å²) in [5.74, 6) is 0.799. The first-order chi connectivity index (χ1) is 12.8. The SMILES string of the molecule is COc1ccc(NCC(=O)N(Cc2ccccc2)c2ccccc2)cc1. The molecule has 0 heterocycles. The van der Waals surface area contributed by atoms with Gasteiger partial charge in [0, 0.05) is 11.4 Å². The molecule has 3 rings (SSSR count). The Morgan fingerprint density at radius 3 is 2.12 bits per heavy atom. The summed E-state index contributed by atoms with van der Waals surface area (Å²) in [4.78, 5) is 14.7. The zero-order valence-electron chi connectivity index (χ0n) is 14.8. The van der Waals surface area contributed by atoms with E-state index in [1.807, 2.05) is 84.9 Å². The summed E-state index contributed by atoms with van der Waals surface area (Å²) in [6.07, 6.45) is 0. The number of hydrogen-bond acceptors (Lipinski definition) is 3. The van der Waals surface area contributed by atoms with E-state index < -0.39 is 0 Å². The highest BCUT2D eigenvalue weighted by Gasteiger charge is 2.15. The molecular weight excluding hydrogens is 324 g/mol. The lowest BCUT2D eigenvalue weighted by atomic mass is 10.2. The van der Waals surface area contributed by atoms with Crippen molar-refractivity contribution in [2.45, 2.75) is 6.54 Å². The minimum absolute atomic E-state index is 0.0101. The maximum absolute atomic E-state index is 12.9. The Morgan fingerprint density at radius 1 is 0.885 bits per heavy atom. The van der Waals surface area contributed by atoms with Crippen LogP contribution in [0.3, 0.4) is 0 Å². The molecule has 0 aliphatic heterocycles. The Labute approximate surface area is 154 Å². The fraction of sp³-hybridized carbons (Fsp3) is 0.136. The van der Waals surface area contributed by atoms with Crippen LogP contribution in [0.4, 0.5) is 11.4 Å². The van der Waals surface area contributed by atoms with Crippen LogP contribution in [0.1, 0.15) is 5.56 Å². The molecule has 0 bridgehead atoms. The molecule has 0 fully saturated rings. The number of nitrogens with one attached hydrogen (secondary N) is 1. The molecule has 26 heavy (non-hydrogen) atoms. The predicted molar refractivity (Wildman–Crippen MR) is 106 cm³/mol. The number of benzene rings is 3. The van der Waals surface area contributed by atoms with Crippen LogP contribution in [0, 0.1) is 0 Å². The summed E-state index contributed by atoms with van der Waals surface area (Å²) in [5.41, 5.74) is 2.86. The van der Waals surface area contributed by atoms with Crippen LogP contribution in [0.15, 0.2) is 84.9 Å². The van der Waals surface area contributed by atoms with Crippen molar-refractivity contribution >= 4 is 17.3 Å². The molecule has 1 N–H and O–H groups in total. The van der Waals surface area contributed by atoms with Gasteiger partial charge in [-0.15, -0.1) is 0 Å². The van der Waals surface area contributed by atoms with E-state index in [9.17, 15) is 4.79 Å². The average Bonchev–Trinajstić information content (AvgIpc) is 2.72. The quantitative estimate of drug-likeness (QED) is 0.692. The first-order valence-corrected chi connectivity index (χ1v) is 8.53. The Bertz CT molecular complexity index is 818. The highest BCUT2D eigenvalue weighted by molar-refractivity contribution is 5.96. The highest BCUT2D eigenvalue weighted by atomic mass is 16.5. The first kappa shape index (κ1) is 17.5. The van der Waals surface area contributed by atoms with Gasteiger partial charge < -0.3 is 15.0 Å². The topological polar surface area (TPSA) is 41.6 Å². The largest absolute Gasteiger partial charge is 0.497 e. The number of amides is 1. The summed E-state index contributed by atoms with van der Waals surface area (Å²) < 4.78 is 5.15. The molecule has 4 nitrogen and oxygen atoms in total. The number of para-hydroxylation sites is 1. The van der Waals surface area contributed by atoms with Crippen LogP contribution >= 0.6 is 0 Å². The van der Waals surface area contributed by atoms with Gasteiger partial charge in [-0.1, -0.05) is 48.5 Å². The lowest BCUT2D eigenvalue weighted by molar-refractivity contribution is -0.117. The van der Waals surface area contributed by atoms with Crippen molar-refractivity contribution in [2.24, 2.45) is 0 Å². The van der Waals surface area contributed by atoms with Gasteiger partial charge >= 0.3 is 0 Å². The maximum Gasteiger partial charge on any atom is 0.246 e. The van der Waals surface area contributed by atoms with Crippen LogP contribution in [0.25, 0.3) is 0 Å². The summed E-state index contributed by atoms with van der Waals surface area (Å²) in [7, 11) is 1.63.